The van der Waals surface area contributed by atoms with Gasteiger partial charge in [0.1, 0.15) is 0 Å². The number of carbonyl (C=O) groups excluding carboxylic acids is 2. The molecule has 110 valence electrons. The van der Waals surface area contributed by atoms with Crippen LogP contribution in [0.1, 0.15) is 38.5 Å². The van der Waals surface area contributed by atoms with Crippen molar-refractivity contribution in [2.45, 2.75) is 44.6 Å². The predicted molar refractivity (Wildman–Crippen MR) is 76.3 cm³/mol. The van der Waals surface area contributed by atoms with Crippen molar-refractivity contribution < 1.29 is 9.59 Å². The van der Waals surface area contributed by atoms with Gasteiger partial charge in [-0.1, -0.05) is 6.42 Å². The molecule has 0 spiro atoms. The number of halogens is 1. The minimum Gasteiger partial charge on any atom is -0.346 e. The zero-order valence-electron chi connectivity index (χ0n) is 11.3. The molecule has 0 bridgehead atoms. The number of piperidine rings is 2. The van der Waals surface area contributed by atoms with E-state index in [0.29, 0.717) is 0 Å². The average molecular weight is 290 g/mol. The van der Waals surface area contributed by atoms with Crippen molar-refractivity contribution >= 4 is 24.2 Å². The first-order valence-corrected chi connectivity index (χ1v) is 7.06. The number of likely N-dealkylation sites (tertiary alicyclic amines) is 1. The van der Waals surface area contributed by atoms with E-state index in [1.54, 1.807) is 0 Å². The third-order valence-corrected chi connectivity index (χ3v) is 3.75. The summed E-state index contributed by atoms with van der Waals surface area (Å²) in [5, 5.41) is 5.94. The predicted octanol–water partition coefficient (Wildman–Crippen LogP) is 0.679. The molecule has 0 radical (unpaired) electrons. The molecular weight excluding hydrogens is 266 g/mol. The summed E-state index contributed by atoms with van der Waals surface area (Å²) in [5.41, 5.74) is 0. The van der Waals surface area contributed by atoms with Gasteiger partial charge in [-0.25, -0.2) is 0 Å². The molecule has 0 unspecified atom stereocenters. The first-order valence-electron chi connectivity index (χ1n) is 7.06. The first kappa shape index (κ1) is 16.2. The topological polar surface area (TPSA) is 61.4 Å². The average Bonchev–Trinajstić information content (AvgIpc) is 2.46. The molecule has 1 atom stereocenters. The van der Waals surface area contributed by atoms with Gasteiger partial charge >= 0.3 is 0 Å². The number of nitrogens with one attached hydrogen (secondary N) is 2. The van der Waals surface area contributed by atoms with E-state index >= 15 is 0 Å². The highest BCUT2D eigenvalue weighted by Gasteiger charge is 2.22. The Morgan fingerprint density at radius 2 is 1.84 bits per heavy atom. The smallest absolute Gasteiger partial charge is 0.241 e. The van der Waals surface area contributed by atoms with Crippen LogP contribution in [-0.2, 0) is 9.59 Å². The summed E-state index contributed by atoms with van der Waals surface area (Å²) >= 11 is 0. The third kappa shape index (κ3) is 4.99. The zero-order valence-corrected chi connectivity index (χ0v) is 12.1. The van der Waals surface area contributed by atoms with Crippen LogP contribution in [0, 0.1) is 0 Å². The monoisotopic (exact) mass is 289 g/mol. The van der Waals surface area contributed by atoms with E-state index in [4.69, 9.17) is 0 Å². The van der Waals surface area contributed by atoms with Gasteiger partial charge in [0, 0.05) is 13.1 Å². The van der Waals surface area contributed by atoms with Crippen molar-refractivity contribution in [2.75, 3.05) is 26.2 Å². The molecule has 2 aliphatic rings. The molecule has 5 nitrogen and oxygen atoms in total. The van der Waals surface area contributed by atoms with E-state index in [1.165, 1.54) is 6.42 Å². The Kier molecular flexibility index (Phi) is 7.16. The van der Waals surface area contributed by atoms with Gasteiger partial charge in [-0.05, 0) is 38.6 Å². The van der Waals surface area contributed by atoms with Gasteiger partial charge in [-0.15, -0.1) is 12.4 Å². The van der Waals surface area contributed by atoms with Gasteiger partial charge in [0.05, 0.1) is 12.6 Å². The van der Waals surface area contributed by atoms with E-state index in [9.17, 15) is 9.59 Å². The van der Waals surface area contributed by atoms with Gasteiger partial charge in [0.15, 0.2) is 0 Å². The quantitative estimate of drug-likeness (QED) is 0.803. The van der Waals surface area contributed by atoms with Crippen LogP contribution in [0.5, 0.6) is 0 Å². The SMILES string of the molecule is Cl.O=C(NCC(=O)N1CCCCC1)[C@@H]1CCCCN1. The Labute approximate surface area is 120 Å². The van der Waals surface area contributed by atoms with E-state index in [-0.39, 0.29) is 36.8 Å². The maximum atomic E-state index is 11.9. The van der Waals surface area contributed by atoms with Crippen LogP contribution in [0.25, 0.3) is 0 Å². The highest BCUT2D eigenvalue weighted by Crippen LogP contribution is 2.09. The van der Waals surface area contributed by atoms with Crippen molar-refractivity contribution in [3.05, 3.63) is 0 Å². The second kappa shape index (κ2) is 8.38. The fourth-order valence-corrected chi connectivity index (χ4v) is 2.62. The number of hydrogen-bond acceptors (Lipinski definition) is 3. The van der Waals surface area contributed by atoms with Crippen LogP contribution >= 0.6 is 12.4 Å². The van der Waals surface area contributed by atoms with E-state index in [2.05, 4.69) is 10.6 Å². The summed E-state index contributed by atoms with van der Waals surface area (Å²) in [6, 6.07) is -0.104. The molecule has 0 aromatic carbocycles. The molecule has 2 aliphatic heterocycles. The molecule has 2 saturated heterocycles. The number of nitrogens with zero attached hydrogens (tertiary/aromatic N) is 1. The Morgan fingerprint density at radius 3 is 2.47 bits per heavy atom. The Hall–Kier alpha value is -0.810. The van der Waals surface area contributed by atoms with Gasteiger partial charge in [-0.2, -0.15) is 0 Å². The molecule has 2 fully saturated rings. The summed E-state index contributed by atoms with van der Waals surface area (Å²) in [5.74, 6) is 0.0268. The highest BCUT2D eigenvalue weighted by atomic mass is 35.5. The minimum atomic E-state index is -0.104. The molecule has 2 heterocycles. The Balaban J connectivity index is 0.00000180. The molecule has 2 amide bonds. The number of amides is 2. The molecule has 0 saturated carbocycles. The van der Waals surface area contributed by atoms with Crippen molar-refractivity contribution in [3.8, 4) is 0 Å². The first-order chi connectivity index (χ1) is 8.77. The lowest BCUT2D eigenvalue weighted by molar-refractivity contribution is -0.134. The fraction of sp³-hybridized carbons (Fsp3) is 0.846. The lowest BCUT2D eigenvalue weighted by Gasteiger charge is -2.27. The van der Waals surface area contributed by atoms with Crippen molar-refractivity contribution in [2.24, 2.45) is 0 Å². The zero-order chi connectivity index (χ0) is 12.8. The Bertz CT molecular complexity index is 270. The fourth-order valence-electron chi connectivity index (χ4n) is 2.62. The number of hydrogen-bond donors (Lipinski definition) is 2. The maximum absolute atomic E-state index is 11.9. The third-order valence-electron chi connectivity index (χ3n) is 3.75. The van der Waals surface area contributed by atoms with Gasteiger partial charge in [-0.3, -0.25) is 9.59 Å². The van der Waals surface area contributed by atoms with Gasteiger partial charge in [0.25, 0.3) is 0 Å². The lowest BCUT2D eigenvalue weighted by Crippen LogP contribution is -2.50. The molecule has 0 aromatic rings. The normalized spacial score (nSPS) is 23.4. The molecule has 2 rings (SSSR count). The Morgan fingerprint density at radius 1 is 1.11 bits per heavy atom. The van der Waals surface area contributed by atoms with Gasteiger partial charge in [0.2, 0.25) is 11.8 Å². The van der Waals surface area contributed by atoms with E-state index in [1.807, 2.05) is 4.90 Å². The van der Waals surface area contributed by atoms with Crippen LogP contribution in [0.2, 0.25) is 0 Å². The summed E-state index contributed by atoms with van der Waals surface area (Å²) < 4.78 is 0. The maximum Gasteiger partial charge on any atom is 0.241 e. The largest absolute Gasteiger partial charge is 0.346 e. The standard InChI is InChI=1S/C13H23N3O2.ClH/c17-12(16-8-4-1-5-9-16)10-15-13(18)11-6-2-3-7-14-11;/h11,14H,1-10H2,(H,15,18);1H/t11-;/m0./s1. The summed E-state index contributed by atoms with van der Waals surface area (Å²) in [4.78, 5) is 25.6. The summed E-state index contributed by atoms with van der Waals surface area (Å²) in [6.45, 7) is 2.74. The van der Waals surface area contributed by atoms with Crippen LogP contribution in [-0.4, -0.2) is 48.9 Å². The minimum absolute atomic E-state index is 0. The number of carbonyl (C=O) groups is 2. The highest BCUT2D eigenvalue weighted by molar-refractivity contribution is 5.87. The van der Waals surface area contributed by atoms with E-state index in [0.717, 1.165) is 51.7 Å². The van der Waals surface area contributed by atoms with Crippen LogP contribution < -0.4 is 10.6 Å². The number of rotatable bonds is 3. The lowest BCUT2D eigenvalue weighted by atomic mass is 10.0. The van der Waals surface area contributed by atoms with Gasteiger partial charge < -0.3 is 15.5 Å². The van der Waals surface area contributed by atoms with Crippen LogP contribution in [0.15, 0.2) is 0 Å². The van der Waals surface area contributed by atoms with Crippen molar-refractivity contribution in [1.29, 1.82) is 0 Å². The molecule has 0 aromatic heterocycles. The van der Waals surface area contributed by atoms with Crippen molar-refractivity contribution in [3.63, 3.8) is 0 Å². The molecule has 0 aliphatic carbocycles. The summed E-state index contributed by atoms with van der Waals surface area (Å²) in [6.07, 6.45) is 6.49. The molecule has 2 N–H and O–H groups in total. The van der Waals surface area contributed by atoms with Crippen molar-refractivity contribution in [1.82, 2.24) is 15.5 Å². The van der Waals surface area contributed by atoms with Crippen LogP contribution in [0.3, 0.4) is 0 Å². The summed E-state index contributed by atoms with van der Waals surface area (Å²) in [7, 11) is 0. The molecule has 6 heteroatoms. The van der Waals surface area contributed by atoms with Crippen LogP contribution in [0.4, 0.5) is 0 Å². The second-order valence-corrected chi connectivity index (χ2v) is 5.16. The van der Waals surface area contributed by atoms with E-state index < -0.39 is 0 Å². The molecular formula is C13H24ClN3O2. The molecule has 19 heavy (non-hydrogen) atoms. The second-order valence-electron chi connectivity index (χ2n) is 5.16.